The minimum absolute atomic E-state index is 0.00430. The molecular formula is C52H61N15O14S5. The smallest absolute Gasteiger partial charge is 0.408 e. The third kappa shape index (κ3) is 14.8. The molecule has 8 bridgehead atoms. The van der Waals surface area contributed by atoms with Crippen LogP contribution in [0.15, 0.2) is 80.5 Å². The predicted octanol–water partition coefficient (Wildman–Crippen LogP) is 0.676. The minimum Gasteiger partial charge on any atom is -0.445 e. The number of aromatic nitrogens is 4. The standard InChI is InChI=1S/C52H61N15O14S5/c1-10-14-81-50(79)56-22(5)39(73)65-35-28-15-84-47(58-28)34(24(7)69)64-41(75)30-18-85-48(61-30)36(51(9,80)25(8)70)66-43(77)31-17-82-45(59-31)26(11-2)57-44(78)33(23(6)68)63-42(76)32-19-86-49(62-32)52(35)13-12-27(67-52)46-60-29(16-83-46)40(74)55-21(4)38(72)54-20(3)37(53)71/h10-11,15-16,18-19,22-25,31,33-36,68-70,80H,1,3-4,12-14,17H2,2,5-9H3,(H2,53,71)(H,54,72)(H,55,74)(H,56,79)(H,57,78)(H,63,76)(H,64,75)(H,65,73)(H,66,77)/b26-11-/t22-,23+,24+,25+,31+,33-,34-,35+,36+,51+,52+/m0/s1. The number of alkyl carbamates (subject to hydrolysis) is 1. The van der Waals surface area contributed by atoms with Gasteiger partial charge in [0, 0.05) is 27.3 Å². The molecule has 0 fully saturated rings. The van der Waals surface area contributed by atoms with Crippen LogP contribution >= 0.6 is 57.1 Å². The second-order valence-corrected chi connectivity index (χ2v) is 24.3. The molecule has 4 aromatic heterocycles. The summed E-state index contributed by atoms with van der Waals surface area (Å²) in [4.78, 5) is 150. The summed E-state index contributed by atoms with van der Waals surface area (Å²) in [5.74, 6) is -7.03. The highest BCUT2D eigenvalue weighted by Gasteiger charge is 2.51. The number of carbonyl (C=O) groups is 9. The van der Waals surface area contributed by atoms with Crippen LogP contribution in [0.2, 0.25) is 0 Å². The van der Waals surface area contributed by atoms with Crippen LogP contribution in [0.4, 0.5) is 4.79 Å². The quantitative estimate of drug-likeness (QED) is 0.0575. The van der Waals surface area contributed by atoms with Crippen molar-refractivity contribution in [3.8, 4) is 0 Å². The van der Waals surface area contributed by atoms with E-state index >= 15 is 0 Å². The maximum atomic E-state index is 14.5. The molecule has 4 aromatic rings. The van der Waals surface area contributed by atoms with Crippen molar-refractivity contribution in [2.75, 3.05) is 12.4 Å². The van der Waals surface area contributed by atoms with Crippen LogP contribution in [0.25, 0.3) is 0 Å². The first-order valence-corrected chi connectivity index (χ1v) is 30.5. The fourth-order valence-corrected chi connectivity index (χ4v) is 13.3. The van der Waals surface area contributed by atoms with E-state index in [1.807, 2.05) is 0 Å². The second kappa shape index (κ2) is 27.6. The molecule has 34 heteroatoms. The van der Waals surface area contributed by atoms with Gasteiger partial charge in [-0.1, -0.05) is 31.9 Å². The Bertz CT molecular complexity index is 3470. The maximum absolute atomic E-state index is 14.5. The largest absolute Gasteiger partial charge is 0.445 e. The molecule has 29 nitrogen and oxygen atoms in total. The Labute approximate surface area is 510 Å². The number of nitrogens with two attached hydrogens (primary N) is 1. The summed E-state index contributed by atoms with van der Waals surface area (Å²) < 4.78 is 5.07. The van der Waals surface area contributed by atoms with Crippen molar-refractivity contribution in [1.82, 2.24) is 62.5 Å². The van der Waals surface area contributed by atoms with Gasteiger partial charge in [-0.3, -0.25) is 48.3 Å². The Morgan fingerprint density at radius 2 is 1.52 bits per heavy atom. The van der Waals surface area contributed by atoms with Crippen molar-refractivity contribution < 1.29 is 68.3 Å². The molecule has 11 atom stereocenters. The molecule has 9 amide bonds. The zero-order valence-electron chi connectivity index (χ0n) is 46.8. The van der Waals surface area contributed by atoms with Gasteiger partial charge in [0.25, 0.3) is 29.5 Å². The Morgan fingerprint density at radius 3 is 2.17 bits per heavy atom. The van der Waals surface area contributed by atoms with Crippen molar-refractivity contribution >= 4 is 121 Å². The molecule has 3 aliphatic rings. The first-order chi connectivity index (χ1) is 40.6. The zero-order chi connectivity index (χ0) is 63.1. The third-order valence-corrected chi connectivity index (χ3v) is 18.3. The number of hydrogen-bond acceptors (Lipinski definition) is 25. The van der Waals surface area contributed by atoms with E-state index in [-0.39, 0.29) is 84.5 Å². The van der Waals surface area contributed by atoms with Gasteiger partial charge in [-0.2, -0.15) is 0 Å². The van der Waals surface area contributed by atoms with E-state index in [0.717, 1.165) is 57.1 Å². The predicted molar refractivity (Wildman–Crippen MR) is 318 cm³/mol. The van der Waals surface area contributed by atoms with Crippen LogP contribution < -0.4 is 48.3 Å². The molecule has 0 unspecified atom stereocenters. The van der Waals surface area contributed by atoms with E-state index in [1.54, 1.807) is 6.92 Å². The number of nitrogens with zero attached hydrogens (tertiary/aromatic N) is 6. The van der Waals surface area contributed by atoms with Crippen molar-refractivity contribution in [3.05, 3.63) is 113 Å². The van der Waals surface area contributed by atoms with E-state index in [4.69, 9.17) is 25.4 Å². The van der Waals surface area contributed by atoms with Gasteiger partial charge in [-0.15, -0.1) is 57.1 Å². The topological polar surface area (TPSA) is 442 Å². The summed E-state index contributed by atoms with van der Waals surface area (Å²) in [6, 6.07) is -8.17. The number of aliphatic hydroxyl groups excluding tert-OH is 3. The number of carbonyl (C=O) groups excluding carboxylic acids is 9. The first-order valence-electron chi connectivity index (χ1n) is 26.0. The van der Waals surface area contributed by atoms with Gasteiger partial charge in [0.2, 0.25) is 17.7 Å². The van der Waals surface area contributed by atoms with Gasteiger partial charge < -0.3 is 73.4 Å². The molecule has 7 heterocycles. The molecule has 3 aliphatic heterocycles. The van der Waals surface area contributed by atoms with Crippen molar-refractivity contribution in [3.63, 3.8) is 0 Å². The van der Waals surface area contributed by atoms with Crippen LogP contribution in [0, 0.1) is 0 Å². The zero-order valence-corrected chi connectivity index (χ0v) is 50.9. The van der Waals surface area contributed by atoms with Crippen molar-refractivity contribution in [2.24, 2.45) is 15.7 Å². The SMILES string of the molecule is C=CCOC(=O)N[C@@H](C)C(=O)N[C@@H]1c2csc(n2)[C@H]([C@@H](C)O)NC(=O)c2csc(n2)[C@H]([C@](C)(O)[C@@H](C)O)NC(=O)[C@H]2CSC(=N2)/C(=C/C)NC(=O)[C@H]([C@@H](C)O)NC(=O)c2csc(n2)[C@@]12CCC(c1nc(C(=O)NC(=C)C(=O)NC(=C)C(N)=O)cs1)=N2. The fourth-order valence-electron chi connectivity index (χ4n) is 8.42. The van der Waals surface area contributed by atoms with Crippen LogP contribution in [0.5, 0.6) is 0 Å². The number of hydrogen-bond donors (Lipinski definition) is 13. The Hall–Kier alpha value is -7.96. The average molecular weight is 1280 g/mol. The molecule has 0 radical (unpaired) electrons. The number of thioether (sulfide) groups is 1. The number of aliphatic hydroxyl groups is 4. The van der Waals surface area contributed by atoms with Crippen molar-refractivity contribution in [2.45, 2.75) is 120 Å². The molecule has 458 valence electrons. The summed E-state index contributed by atoms with van der Waals surface area (Å²) in [5, 5.41) is 71.4. The summed E-state index contributed by atoms with van der Waals surface area (Å²) in [6.07, 6.45) is -2.50. The molecule has 14 N–H and O–H groups in total. The van der Waals surface area contributed by atoms with E-state index in [9.17, 15) is 63.6 Å². The lowest BCUT2D eigenvalue weighted by Crippen LogP contribution is -2.52. The van der Waals surface area contributed by atoms with Crippen LogP contribution in [0.3, 0.4) is 0 Å². The number of amides is 9. The van der Waals surface area contributed by atoms with Gasteiger partial charge >= 0.3 is 6.09 Å². The summed E-state index contributed by atoms with van der Waals surface area (Å²) in [5.41, 5.74) is 0.0891. The fraction of sp³-hybridized carbons (Fsp3) is 0.404. The molecule has 86 heavy (non-hydrogen) atoms. The number of thiazole rings is 4. The molecule has 0 aliphatic carbocycles. The van der Waals surface area contributed by atoms with Gasteiger partial charge in [-0.25, -0.2) is 24.7 Å². The average Bonchev–Trinajstić information content (AvgIpc) is 1.64. The first kappa shape index (κ1) is 65.6. The minimum atomic E-state index is -2.08. The number of ether oxygens (including phenoxy) is 1. The normalized spacial score (nSPS) is 23.5. The van der Waals surface area contributed by atoms with E-state index < -0.39 is 130 Å². The molecule has 0 saturated heterocycles. The second-order valence-electron chi connectivity index (χ2n) is 19.8. The monoisotopic (exact) mass is 1280 g/mol. The summed E-state index contributed by atoms with van der Waals surface area (Å²) in [6.45, 7) is 18.4. The van der Waals surface area contributed by atoms with E-state index in [0.29, 0.717) is 0 Å². The highest BCUT2D eigenvalue weighted by Crippen LogP contribution is 2.49. The molecule has 0 saturated carbocycles. The highest BCUT2D eigenvalue weighted by atomic mass is 32.2. The number of nitrogens with one attached hydrogen (secondary N) is 8. The Kier molecular flexibility index (Phi) is 21.0. The maximum Gasteiger partial charge on any atom is 0.408 e. The Morgan fingerprint density at radius 1 is 0.860 bits per heavy atom. The van der Waals surface area contributed by atoms with Gasteiger partial charge in [0.05, 0.1) is 46.8 Å². The number of primary amides is 1. The summed E-state index contributed by atoms with van der Waals surface area (Å²) >= 11 is 4.82. The number of allylic oxidation sites excluding steroid dienone is 1. The number of fused-ring (bicyclic) bond motifs is 8. The lowest BCUT2D eigenvalue weighted by atomic mass is 9.86. The lowest BCUT2D eigenvalue weighted by molar-refractivity contribution is -0.128. The Balaban J connectivity index is 1.37. The molecular weight excluding hydrogens is 1220 g/mol. The van der Waals surface area contributed by atoms with Crippen LogP contribution in [-0.4, -0.2) is 159 Å². The van der Waals surface area contributed by atoms with Crippen LogP contribution in [-0.2, 0) is 34.2 Å². The van der Waals surface area contributed by atoms with E-state index in [2.05, 4.69) is 77.2 Å². The summed E-state index contributed by atoms with van der Waals surface area (Å²) in [7, 11) is 0. The number of aliphatic imine (C=N–C) groups is 2. The molecule has 1 spiro atoms. The van der Waals surface area contributed by atoms with Gasteiger partial charge in [0.1, 0.15) is 96.2 Å². The van der Waals surface area contributed by atoms with Crippen molar-refractivity contribution in [1.29, 1.82) is 0 Å². The number of rotatable bonds is 15. The van der Waals surface area contributed by atoms with E-state index in [1.165, 1.54) is 68.3 Å². The van der Waals surface area contributed by atoms with Gasteiger partial charge in [-0.05, 0) is 54.4 Å². The van der Waals surface area contributed by atoms with Crippen LogP contribution in [0.1, 0.15) is 130 Å². The highest BCUT2D eigenvalue weighted by molar-refractivity contribution is 8.14. The lowest BCUT2D eigenvalue weighted by Gasteiger charge is -2.34. The van der Waals surface area contributed by atoms with Gasteiger partial charge in [0.15, 0.2) is 0 Å². The third-order valence-electron chi connectivity index (χ3n) is 13.5. The molecule has 7 rings (SSSR count). The molecule has 0 aromatic carbocycles.